The molecule has 3 rings (SSSR count). The van der Waals surface area contributed by atoms with Gasteiger partial charge >= 0.3 is 12.1 Å². The Balaban J connectivity index is 2.24. The standard InChI is InChI=1S/C23H23F3N2O5/c1-13(29)33-21-16(14-7-9-15(32-3)10-8-14)11-17-18(23(24,25)26)5-4-6-19(17)28(22(21)31)12-20(30)27-2/h4-10,16,21H,11-12H2,1-3H3,(H,27,30)/t16-,21+/m1/s1. The predicted molar refractivity (Wildman–Crippen MR) is 113 cm³/mol. The number of halogens is 3. The van der Waals surface area contributed by atoms with Crippen LogP contribution in [0.1, 0.15) is 29.5 Å². The molecule has 2 atom stereocenters. The fourth-order valence-electron chi connectivity index (χ4n) is 3.92. The van der Waals surface area contributed by atoms with Crippen LogP contribution in [0.25, 0.3) is 0 Å². The summed E-state index contributed by atoms with van der Waals surface area (Å²) < 4.78 is 52.2. The minimum Gasteiger partial charge on any atom is -0.497 e. The van der Waals surface area contributed by atoms with E-state index in [4.69, 9.17) is 9.47 Å². The number of fused-ring (bicyclic) bond motifs is 1. The van der Waals surface area contributed by atoms with E-state index in [0.29, 0.717) is 11.3 Å². The average molecular weight is 464 g/mol. The summed E-state index contributed by atoms with van der Waals surface area (Å²) in [6, 6.07) is 9.89. The van der Waals surface area contributed by atoms with Gasteiger partial charge in [0.15, 0.2) is 6.10 Å². The zero-order valence-corrected chi connectivity index (χ0v) is 18.2. The van der Waals surface area contributed by atoms with Gasteiger partial charge in [0.2, 0.25) is 5.91 Å². The molecule has 0 radical (unpaired) electrons. The first-order valence-electron chi connectivity index (χ1n) is 10.1. The lowest BCUT2D eigenvalue weighted by molar-refractivity contribution is -0.154. The van der Waals surface area contributed by atoms with Gasteiger partial charge in [-0.2, -0.15) is 13.2 Å². The Morgan fingerprint density at radius 2 is 1.82 bits per heavy atom. The molecule has 176 valence electrons. The number of anilines is 1. The molecular weight excluding hydrogens is 441 g/mol. The summed E-state index contributed by atoms with van der Waals surface area (Å²) >= 11 is 0. The Kier molecular flexibility index (Phi) is 6.95. The quantitative estimate of drug-likeness (QED) is 0.688. The molecule has 0 saturated heterocycles. The third-order valence-corrected chi connectivity index (χ3v) is 5.46. The van der Waals surface area contributed by atoms with Crippen LogP contribution in [-0.2, 0) is 31.7 Å². The molecule has 2 aromatic rings. The van der Waals surface area contributed by atoms with Crippen LogP contribution in [0.15, 0.2) is 42.5 Å². The highest BCUT2D eigenvalue weighted by Gasteiger charge is 2.44. The summed E-state index contributed by atoms with van der Waals surface area (Å²) in [5.74, 6) is -2.55. The van der Waals surface area contributed by atoms with Gasteiger partial charge in [-0.05, 0) is 41.8 Å². The van der Waals surface area contributed by atoms with Crippen molar-refractivity contribution in [2.24, 2.45) is 0 Å². The number of methoxy groups -OCH3 is 1. The van der Waals surface area contributed by atoms with Crippen LogP contribution in [0, 0.1) is 0 Å². The first-order valence-corrected chi connectivity index (χ1v) is 10.1. The van der Waals surface area contributed by atoms with Crippen molar-refractivity contribution in [2.45, 2.75) is 31.5 Å². The number of alkyl halides is 3. The second-order valence-corrected chi connectivity index (χ2v) is 7.51. The SMILES string of the molecule is CNC(=O)CN1C(=O)[C@@H](OC(C)=O)[C@@H](c2ccc(OC)cc2)Cc2c1cccc2C(F)(F)F. The maximum atomic E-state index is 13.9. The maximum absolute atomic E-state index is 13.9. The molecule has 0 aromatic heterocycles. The van der Waals surface area contributed by atoms with Crippen LogP contribution in [0.4, 0.5) is 18.9 Å². The number of rotatable bonds is 5. The lowest BCUT2D eigenvalue weighted by atomic mass is 9.86. The Morgan fingerprint density at radius 3 is 2.36 bits per heavy atom. The molecule has 2 aromatic carbocycles. The summed E-state index contributed by atoms with van der Waals surface area (Å²) in [7, 11) is 2.82. The van der Waals surface area contributed by atoms with Crippen molar-refractivity contribution in [3.63, 3.8) is 0 Å². The van der Waals surface area contributed by atoms with Crippen molar-refractivity contribution in [3.8, 4) is 5.75 Å². The number of ether oxygens (including phenoxy) is 2. The molecule has 7 nitrogen and oxygen atoms in total. The van der Waals surface area contributed by atoms with E-state index in [2.05, 4.69) is 5.32 Å². The molecule has 0 saturated carbocycles. The second-order valence-electron chi connectivity index (χ2n) is 7.51. The van der Waals surface area contributed by atoms with E-state index >= 15 is 0 Å². The van der Waals surface area contributed by atoms with Gasteiger partial charge in [0, 0.05) is 25.6 Å². The molecule has 2 amide bonds. The van der Waals surface area contributed by atoms with Gasteiger partial charge < -0.3 is 14.8 Å². The average Bonchev–Trinajstić information content (AvgIpc) is 2.88. The molecule has 33 heavy (non-hydrogen) atoms. The van der Waals surface area contributed by atoms with E-state index < -0.39 is 48.1 Å². The van der Waals surface area contributed by atoms with E-state index in [1.54, 1.807) is 24.3 Å². The van der Waals surface area contributed by atoms with E-state index in [1.807, 2.05) is 0 Å². The summed E-state index contributed by atoms with van der Waals surface area (Å²) in [6.45, 7) is 0.581. The summed E-state index contributed by atoms with van der Waals surface area (Å²) in [5.41, 5.74) is -0.638. The van der Waals surface area contributed by atoms with Gasteiger partial charge in [0.25, 0.3) is 5.91 Å². The minimum atomic E-state index is -4.70. The monoisotopic (exact) mass is 464 g/mol. The fourth-order valence-corrected chi connectivity index (χ4v) is 3.92. The maximum Gasteiger partial charge on any atom is 0.416 e. The number of benzene rings is 2. The number of amides is 2. The highest BCUT2D eigenvalue weighted by Crippen LogP contribution is 2.42. The van der Waals surface area contributed by atoms with Crippen LogP contribution in [-0.4, -0.2) is 44.6 Å². The van der Waals surface area contributed by atoms with Crippen LogP contribution in [0.5, 0.6) is 5.75 Å². The molecule has 0 bridgehead atoms. The molecule has 10 heteroatoms. The van der Waals surface area contributed by atoms with Crippen molar-refractivity contribution < 1.29 is 37.0 Å². The molecular formula is C23H23F3N2O5. The lowest BCUT2D eigenvalue weighted by Crippen LogP contribution is -2.47. The van der Waals surface area contributed by atoms with E-state index in [1.165, 1.54) is 26.3 Å². The topological polar surface area (TPSA) is 84.9 Å². The third kappa shape index (κ3) is 5.10. The number of hydrogen-bond donors (Lipinski definition) is 1. The largest absolute Gasteiger partial charge is 0.497 e. The summed E-state index contributed by atoms with van der Waals surface area (Å²) in [5, 5.41) is 2.36. The van der Waals surface area contributed by atoms with Gasteiger partial charge in [-0.25, -0.2) is 0 Å². The number of carbonyl (C=O) groups excluding carboxylic acids is 3. The van der Waals surface area contributed by atoms with Crippen LogP contribution in [0.3, 0.4) is 0 Å². The van der Waals surface area contributed by atoms with Crippen molar-refractivity contribution in [3.05, 3.63) is 59.2 Å². The Bertz CT molecular complexity index is 1050. The normalized spacial score (nSPS) is 18.2. The smallest absolute Gasteiger partial charge is 0.416 e. The van der Waals surface area contributed by atoms with Crippen LogP contribution < -0.4 is 15.0 Å². The van der Waals surface area contributed by atoms with Crippen molar-refractivity contribution in [2.75, 3.05) is 25.6 Å². The second kappa shape index (κ2) is 9.51. The van der Waals surface area contributed by atoms with Gasteiger partial charge in [-0.15, -0.1) is 0 Å². The number of esters is 1. The van der Waals surface area contributed by atoms with Crippen LogP contribution in [0.2, 0.25) is 0 Å². The molecule has 1 aliphatic heterocycles. The predicted octanol–water partition coefficient (Wildman–Crippen LogP) is 3.06. The highest BCUT2D eigenvalue weighted by molar-refractivity contribution is 6.03. The van der Waals surface area contributed by atoms with Crippen molar-refractivity contribution in [1.82, 2.24) is 5.32 Å². The third-order valence-electron chi connectivity index (χ3n) is 5.46. The van der Waals surface area contributed by atoms with Gasteiger partial charge in [-0.3, -0.25) is 19.3 Å². The van der Waals surface area contributed by atoms with Crippen molar-refractivity contribution in [1.29, 1.82) is 0 Å². The first kappa shape index (κ1) is 24.1. The minimum absolute atomic E-state index is 0.0495. The number of nitrogens with zero attached hydrogens (tertiary/aromatic N) is 1. The van der Waals surface area contributed by atoms with Gasteiger partial charge in [-0.1, -0.05) is 18.2 Å². The van der Waals surface area contributed by atoms with E-state index in [9.17, 15) is 27.6 Å². The zero-order chi connectivity index (χ0) is 24.3. The molecule has 0 fully saturated rings. The molecule has 0 spiro atoms. The summed E-state index contributed by atoms with van der Waals surface area (Å²) in [4.78, 5) is 38.5. The van der Waals surface area contributed by atoms with Gasteiger partial charge in [0.05, 0.1) is 12.7 Å². The number of likely N-dealkylation sites (N-methyl/N-ethyl adjacent to an activating group) is 1. The molecule has 1 heterocycles. The Labute approximate surface area is 188 Å². The Hall–Kier alpha value is -3.56. The molecule has 0 unspecified atom stereocenters. The van der Waals surface area contributed by atoms with E-state index in [-0.39, 0.29) is 17.7 Å². The number of nitrogens with one attached hydrogen (secondary N) is 1. The van der Waals surface area contributed by atoms with Crippen molar-refractivity contribution >= 4 is 23.5 Å². The van der Waals surface area contributed by atoms with Gasteiger partial charge in [0.1, 0.15) is 12.3 Å². The zero-order valence-electron chi connectivity index (χ0n) is 18.2. The lowest BCUT2D eigenvalue weighted by Gasteiger charge is -2.27. The Morgan fingerprint density at radius 1 is 1.15 bits per heavy atom. The fraction of sp³-hybridized carbons (Fsp3) is 0.348. The highest BCUT2D eigenvalue weighted by atomic mass is 19.4. The molecule has 1 N–H and O–H groups in total. The molecule has 1 aliphatic rings. The molecule has 0 aliphatic carbocycles. The van der Waals surface area contributed by atoms with E-state index in [0.717, 1.165) is 17.9 Å². The number of carbonyl (C=O) groups is 3. The van der Waals surface area contributed by atoms with Crippen LogP contribution >= 0.6 is 0 Å². The first-order chi connectivity index (χ1) is 15.6. The summed E-state index contributed by atoms with van der Waals surface area (Å²) in [6.07, 6.45) is -6.38. The number of hydrogen-bond acceptors (Lipinski definition) is 5.